The molecule has 0 radical (unpaired) electrons. The molecular formula is C13H19O2PS. The van der Waals surface area contributed by atoms with E-state index in [0.717, 1.165) is 5.30 Å². The van der Waals surface area contributed by atoms with Crippen LogP contribution in [0.1, 0.15) is 27.7 Å². The maximum Gasteiger partial charge on any atom is 0.303 e. The van der Waals surface area contributed by atoms with Gasteiger partial charge in [-0.25, -0.2) is 0 Å². The van der Waals surface area contributed by atoms with E-state index in [2.05, 4.69) is 20.8 Å². The number of hydrogen-bond donors (Lipinski definition) is 0. The highest BCUT2D eigenvalue weighted by Gasteiger charge is 2.34. The lowest BCUT2D eigenvalue weighted by Crippen LogP contribution is -2.26. The Bertz CT molecular complexity index is 434. The number of ether oxygens (including phenoxy) is 1. The van der Waals surface area contributed by atoms with Gasteiger partial charge >= 0.3 is 5.97 Å². The smallest absolute Gasteiger partial charge is 0.303 e. The second kappa shape index (κ2) is 5.32. The van der Waals surface area contributed by atoms with Crippen LogP contribution >= 0.6 is 6.04 Å². The van der Waals surface area contributed by atoms with Crippen molar-refractivity contribution in [1.82, 2.24) is 0 Å². The molecule has 0 aliphatic rings. The Morgan fingerprint density at radius 3 is 2.24 bits per heavy atom. The summed E-state index contributed by atoms with van der Waals surface area (Å²) in [6, 6.07) is 8.09. The molecule has 0 heterocycles. The Hall–Kier alpha value is -0.660. The highest BCUT2D eigenvalue weighted by Crippen LogP contribution is 2.56. The second-order valence-electron chi connectivity index (χ2n) is 5.01. The minimum atomic E-state index is -1.92. The molecule has 0 bridgehead atoms. The molecular weight excluding hydrogens is 251 g/mol. The summed E-state index contributed by atoms with van der Waals surface area (Å²) in [5.74, 6) is -0.264. The van der Waals surface area contributed by atoms with Gasteiger partial charge in [0.25, 0.3) is 0 Å². The zero-order chi connectivity index (χ0) is 13.1. The van der Waals surface area contributed by atoms with E-state index < -0.39 is 6.04 Å². The van der Waals surface area contributed by atoms with E-state index in [-0.39, 0.29) is 11.1 Å². The van der Waals surface area contributed by atoms with E-state index in [1.807, 2.05) is 30.3 Å². The van der Waals surface area contributed by atoms with Gasteiger partial charge in [0.05, 0.1) is 0 Å². The SMILES string of the molecule is CC(=O)OC[P@@](=S)(c1ccccc1)C(C)(C)C. The summed E-state index contributed by atoms with van der Waals surface area (Å²) in [5.41, 5.74) is 0. The molecule has 0 unspecified atom stereocenters. The van der Waals surface area contributed by atoms with Crippen LogP contribution in [-0.4, -0.2) is 17.5 Å². The maximum atomic E-state index is 11.0. The third-order valence-electron chi connectivity index (χ3n) is 2.71. The van der Waals surface area contributed by atoms with Crippen LogP contribution in [0.3, 0.4) is 0 Å². The fraction of sp³-hybridized carbons (Fsp3) is 0.462. The first-order valence-electron chi connectivity index (χ1n) is 5.55. The van der Waals surface area contributed by atoms with Gasteiger partial charge in [-0.2, -0.15) is 0 Å². The van der Waals surface area contributed by atoms with Crippen LogP contribution in [0.25, 0.3) is 0 Å². The first kappa shape index (κ1) is 14.4. The first-order valence-corrected chi connectivity index (χ1v) is 8.54. The van der Waals surface area contributed by atoms with E-state index in [9.17, 15) is 4.79 Å². The van der Waals surface area contributed by atoms with Crippen LogP contribution in [0.4, 0.5) is 0 Å². The molecule has 0 spiro atoms. The molecule has 1 aromatic carbocycles. The Kier molecular flexibility index (Phi) is 4.51. The Labute approximate surface area is 108 Å². The molecule has 1 atom stereocenters. The standard InChI is InChI=1S/C13H19O2PS/c1-11(14)15-10-16(17,13(2,3)4)12-8-6-5-7-9-12/h5-9H,10H2,1-4H3/t16-/m1/s1. The predicted molar refractivity (Wildman–Crippen MR) is 76.7 cm³/mol. The molecule has 0 N–H and O–H groups in total. The molecule has 1 rings (SSSR count). The van der Waals surface area contributed by atoms with Crippen molar-refractivity contribution < 1.29 is 9.53 Å². The molecule has 0 amide bonds. The van der Waals surface area contributed by atoms with Crippen molar-refractivity contribution in [2.75, 3.05) is 6.35 Å². The summed E-state index contributed by atoms with van der Waals surface area (Å²) >= 11 is 5.86. The van der Waals surface area contributed by atoms with Crippen LogP contribution in [0, 0.1) is 0 Å². The number of carbonyl (C=O) groups excluding carboxylic acids is 1. The highest BCUT2D eigenvalue weighted by atomic mass is 32.4. The van der Waals surface area contributed by atoms with Gasteiger partial charge in [-0.05, 0) is 10.5 Å². The Morgan fingerprint density at radius 1 is 1.29 bits per heavy atom. The van der Waals surface area contributed by atoms with Gasteiger partial charge in [-0.3, -0.25) is 4.79 Å². The topological polar surface area (TPSA) is 26.3 Å². The summed E-state index contributed by atoms with van der Waals surface area (Å²) < 4.78 is 5.19. The molecule has 17 heavy (non-hydrogen) atoms. The van der Waals surface area contributed by atoms with Crippen molar-refractivity contribution in [3.8, 4) is 0 Å². The number of hydrogen-bond acceptors (Lipinski definition) is 3. The summed E-state index contributed by atoms with van der Waals surface area (Å²) in [7, 11) is 0. The molecule has 1 aromatic rings. The number of carbonyl (C=O) groups is 1. The lowest BCUT2D eigenvalue weighted by atomic mass is 10.3. The van der Waals surface area contributed by atoms with E-state index in [4.69, 9.17) is 16.5 Å². The van der Waals surface area contributed by atoms with Crippen molar-refractivity contribution in [2.24, 2.45) is 0 Å². The molecule has 94 valence electrons. The number of rotatable bonds is 3. The summed E-state index contributed by atoms with van der Waals surface area (Å²) in [6.07, 6.45) is 0.338. The van der Waals surface area contributed by atoms with Crippen molar-refractivity contribution in [3.05, 3.63) is 30.3 Å². The van der Waals surface area contributed by atoms with E-state index >= 15 is 0 Å². The monoisotopic (exact) mass is 270 g/mol. The van der Waals surface area contributed by atoms with Gasteiger partial charge in [0.1, 0.15) is 6.35 Å². The predicted octanol–water partition coefficient (Wildman–Crippen LogP) is 3.11. The average Bonchev–Trinajstić information content (AvgIpc) is 2.25. The van der Waals surface area contributed by atoms with Gasteiger partial charge in [0.2, 0.25) is 0 Å². The third-order valence-corrected chi connectivity index (χ3v) is 9.09. The molecule has 0 saturated carbocycles. The zero-order valence-electron chi connectivity index (χ0n) is 10.8. The second-order valence-corrected chi connectivity index (χ2v) is 10.5. The largest absolute Gasteiger partial charge is 0.460 e. The van der Waals surface area contributed by atoms with Crippen LogP contribution < -0.4 is 5.30 Å². The third kappa shape index (κ3) is 3.40. The zero-order valence-corrected chi connectivity index (χ0v) is 12.5. The Morgan fingerprint density at radius 2 is 1.82 bits per heavy atom. The molecule has 0 aliphatic heterocycles. The van der Waals surface area contributed by atoms with Gasteiger partial charge in [-0.1, -0.05) is 62.9 Å². The number of benzene rings is 1. The highest BCUT2D eigenvalue weighted by molar-refractivity contribution is 8.18. The molecule has 4 heteroatoms. The van der Waals surface area contributed by atoms with Crippen molar-refractivity contribution >= 4 is 29.1 Å². The van der Waals surface area contributed by atoms with Crippen molar-refractivity contribution in [3.63, 3.8) is 0 Å². The number of esters is 1. The van der Waals surface area contributed by atoms with Crippen molar-refractivity contribution in [2.45, 2.75) is 32.9 Å². The van der Waals surface area contributed by atoms with E-state index in [1.165, 1.54) is 6.92 Å². The lowest BCUT2D eigenvalue weighted by Gasteiger charge is -2.35. The van der Waals surface area contributed by atoms with Gasteiger partial charge in [0, 0.05) is 13.0 Å². The van der Waals surface area contributed by atoms with Crippen molar-refractivity contribution in [1.29, 1.82) is 0 Å². The van der Waals surface area contributed by atoms with Gasteiger partial charge in [-0.15, -0.1) is 0 Å². The summed E-state index contributed by atoms with van der Waals surface area (Å²) in [6.45, 7) is 7.77. The fourth-order valence-corrected chi connectivity index (χ4v) is 4.36. The summed E-state index contributed by atoms with van der Waals surface area (Å²) in [4.78, 5) is 11.0. The lowest BCUT2D eigenvalue weighted by molar-refractivity contribution is -0.138. The first-order chi connectivity index (χ1) is 7.77. The fourth-order valence-electron chi connectivity index (χ4n) is 1.51. The maximum absolute atomic E-state index is 11.0. The van der Waals surface area contributed by atoms with Crippen LogP contribution in [0.2, 0.25) is 0 Å². The van der Waals surface area contributed by atoms with E-state index in [1.54, 1.807) is 0 Å². The average molecular weight is 270 g/mol. The van der Waals surface area contributed by atoms with Crippen LogP contribution in [-0.2, 0) is 21.3 Å². The van der Waals surface area contributed by atoms with Crippen LogP contribution in [0.5, 0.6) is 0 Å². The minimum Gasteiger partial charge on any atom is -0.460 e. The van der Waals surface area contributed by atoms with Gasteiger partial charge in [0.15, 0.2) is 0 Å². The summed E-state index contributed by atoms with van der Waals surface area (Å²) in [5, 5.41) is 1.07. The van der Waals surface area contributed by atoms with E-state index in [0.29, 0.717) is 6.35 Å². The molecule has 0 saturated heterocycles. The molecule has 0 fully saturated rings. The van der Waals surface area contributed by atoms with Crippen LogP contribution in [0.15, 0.2) is 30.3 Å². The Balaban J connectivity index is 3.12. The quantitative estimate of drug-likeness (QED) is 0.623. The van der Waals surface area contributed by atoms with Gasteiger partial charge < -0.3 is 4.74 Å². The normalized spacial score (nSPS) is 15.1. The molecule has 2 nitrogen and oxygen atoms in total. The molecule has 0 aromatic heterocycles. The minimum absolute atomic E-state index is 0.0564. The molecule has 0 aliphatic carbocycles.